The Kier molecular flexibility index (Phi) is 6.21. The van der Waals surface area contributed by atoms with Crippen LogP contribution in [-0.4, -0.2) is 34.1 Å². The number of hydrogen-bond acceptors (Lipinski definition) is 4. The van der Waals surface area contributed by atoms with Gasteiger partial charge in [-0.1, -0.05) is 17.7 Å². The highest BCUT2D eigenvalue weighted by Crippen LogP contribution is 2.25. The fourth-order valence-electron chi connectivity index (χ4n) is 1.82. The molecule has 1 aromatic carbocycles. The summed E-state index contributed by atoms with van der Waals surface area (Å²) in [5.74, 6) is 0. The van der Waals surface area contributed by atoms with Crippen molar-refractivity contribution >= 4 is 17.3 Å². The molecule has 0 radical (unpaired) electrons. The monoisotopic (exact) mass is 286 g/mol. The summed E-state index contributed by atoms with van der Waals surface area (Å²) in [6, 6.07) is 5.17. The molecule has 19 heavy (non-hydrogen) atoms. The SMILES string of the molecule is CC(C)N(CCCO)Cc1ccc(Cl)c([N+](=O)[O-])c1. The van der Waals surface area contributed by atoms with Crippen molar-refractivity contribution in [3.63, 3.8) is 0 Å². The number of benzene rings is 1. The van der Waals surface area contributed by atoms with Crippen LogP contribution < -0.4 is 0 Å². The van der Waals surface area contributed by atoms with E-state index in [4.69, 9.17) is 16.7 Å². The number of nitro groups is 1. The lowest BCUT2D eigenvalue weighted by Gasteiger charge is -2.26. The van der Waals surface area contributed by atoms with E-state index in [-0.39, 0.29) is 17.3 Å². The number of nitro benzene ring substituents is 1. The van der Waals surface area contributed by atoms with Crippen LogP contribution in [0.1, 0.15) is 25.8 Å². The van der Waals surface area contributed by atoms with E-state index in [9.17, 15) is 10.1 Å². The van der Waals surface area contributed by atoms with Gasteiger partial charge in [0.25, 0.3) is 5.69 Å². The standard InChI is InChI=1S/C13H19ClN2O3/c1-10(2)15(6-3-7-17)9-11-4-5-12(14)13(8-11)16(18)19/h4-5,8,10,17H,3,6-7,9H2,1-2H3. The first-order valence-corrected chi connectivity index (χ1v) is 6.61. The third kappa shape index (κ3) is 4.78. The van der Waals surface area contributed by atoms with Gasteiger partial charge in [0.15, 0.2) is 0 Å². The highest BCUT2D eigenvalue weighted by molar-refractivity contribution is 6.32. The normalized spacial score (nSPS) is 11.3. The fraction of sp³-hybridized carbons (Fsp3) is 0.538. The van der Waals surface area contributed by atoms with Gasteiger partial charge in [0.05, 0.1) is 4.92 Å². The Bertz CT molecular complexity index is 438. The van der Waals surface area contributed by atoms with Crippen LogP contribution in [0.15, 0.2) is 18.2 Å². The van der Waals surface area contributed by atoms with Gasteiger partial charge < -0.3 is 5.11 Å². The highest BCUT2D eigenvalue weighted by Gasteiger charge is 2.15. The summed E-state index contributed by atoms with van der Waals surface area (Å²) >= 11 is 5.79. The maximum absolute atomic E-state index is 10.8. The zero-order valence-corrected chi connectivity index (χ0v) is 11.9. The topological polar surface area (TPSA) is 66.6 Å². The van der Waals surface area contributed by atoms with Gasteiger partial charge in [-0.25, -0.2) is 0 Å². The predicted molar refractivity (Wildman–Crippen MR) is 75.4 cm³/mol. The number of hydrogen-bond donors (Lipinski definition) is 1. The van der Waals surface area contributed by atoms with Crippen molar-refractivity contribution in [2.75, 3.05) is 13.2 Å². The van der Waals surface area contributed by atoms with Crippen LogP contribution in [0.25, 0.3) is 0 Å². The Balaban J connectivity index is 2.84. The van der Waals surface area contributed by atoms with Gasteiger partial charge in [0, 0.05) is 31.8 Å². The van der Waals surface area contributed by atoms with Gasteiger partial charge >= 0.3 is 0 Å². The molecule has 0 aliphatic carbocycles. The third-order valence-corrected chi connectivity index (χ3v) is 3.25. The van der Waals surface area contributed by atoms with E-state index in [0.29, 0.717) is 19.0 Å². The predicted octanol–water partition coefficient (Wildman–Crippen LogP) is 2.84. The molecule has 0 spiro atoms. The van der Waals surface area contributed by atoms with Gasteiger partial charge in [-0.15, -0.1) is 0 Å². The van der Waals surface area contributed by atoms with Crippen molar-refractivity contribution < 1.29 is 10.0 Å². The average molecular weight is 287 g/mol. The van der Waals surface area contributed by atoms with Gasteiger partial charge in [-0.2, -0.15) is 0 Å². The summed E-state index contributed by atoms with van der Waals surface area (Å²) in [6.07, 6.45) is 0.688. The van der Waals surface area contributed by atoms with Crippen LogP contribution in [0.2, 0.25) is 5.02 Å². The second-order valence-corrected chi connectivity index (χ2v) is 5.09. The second kappa shape index (κ2) is 7.43. The van der Waals surface area contributed by atoms with E-state index in [1.165, 1.54) is 6.07 Å². The first-order valence-electron chi connectivity index (χ1n) is 6.23. The third-order valence-electron chi connectivity index (χ3n) is 2.93. The quantitative estimate of drug-likeness (QED) is 0.618. The molecule has 1 aromatic rings. The van der Waals surface area contributed by atoms with Crippen molar-refractivity contribution in [3.8, 4) is 0 Å². The van der Waals surface area contributed by atoms with E-state index in [1.54, 1.807) is 12.1 Å². The van der Waals surface area contributed by atoms with E-state index >= 15 is 0 Å². The molecule has 1 rings (SSSR count). The number of rotatable bonds is 7. The molecule has 5 nitrogen and oxygen atoms in total. The van der Waals surface area contributed by atoms with Crippen LogP contribution in [0.4, 0.5) is 5.69 Å². The molecule has 0 saturated carbocycles. The van der Waals surface area contributed by atoms with E-state index in [2.05, 4.69) is 18.7 Å². The van der Waals surface area contributed by atoms with E-state index in [0.717, 1.165) is 12.1 Å². The molecule has 0 amide bonds. The molecular formula is C13H19ClN2O3. The van der Waals surface area contributed by atoms with Gasteiger partial charge in [0.2, 0.25) is 0 Å². The maximum atomic E-state index is 10.8. The van der Waals surface area contributed by atoms with Crippen LogP contribution in [0.3, 0.4) is 0 Å². The van der Waals surface area contributed by atoms with Gasteiger partial charge in [-0.05, 0) is 31.9 Å². The average Bonchev–Trinajstić information content (AvgIpc) is 2.35. The van der Waals surface area contributed by atoms with Crippen LogP contribution >= 0.6 is 11.6 Å². The first kappa shape index (κ1) is 15.9. The molecule has 0 aliphatic rings. The van der Waals surface area contributed by atoms with Crippen LogP contribution in [-0.2, 0) is 6.54 Å². The number of halogens is 1. The van der Waals surface area contributed by atoms with E-state index < -0.39 is 4.92 Å². The minimum atomic E-state index is -0.473. The summed E-state index contributed by atoms with van der Waals surface area (Å²) in [7, 11) is 0. The second-order valence-electron chi connectivity index (χ2n) is 4.68. The smallest absolute Gasteiger partial charge is 0.288 e. The van der Waals surface area contributed by atoms with E-state index in [1.807, 2.05) is 0 Å². The number of nitrogens with zero attached hydrogens (tertiary/aromatic N) is 2. The summed E-state index contributed by atoms with van der Waals surface area (Å²) < 4.78 is 0. The Hall–Kier alpha value is -1.17. The Morgan fingerprint density at radius 2 is 2.16 bits per heavy atom. The highest BCUT2D eigenvalue weighted by atomic mass is 35.5. The maximum Gasteiger partial charge on any atom is 0.288 e. The minimum Gasteiger partial charge on any atom is -0.396 e. The van der Waals surface area contributed by atoms with Gasteiger partial charge in [0.1, 0.15) is 5.02 Å². The summed E-state index contributed by atoms with van der Waals surface area (Å²) in [5, 5.41) is 19.9. The molecule has 106 valence electrons. The first-order chi connectivity index (χ1) is 8.95. The lowest BCUT2D eigenvalue weighted by molar-refractivity contribution is -0.384. The van der Waals surface area contributed by atoms with Crippen molar-refractivity contribution in [2.45, 2.75) is 32.9 Å². The summed E-state index contributed by atoms with van der Waals surface area (Å²) in [6.45, 7) is 5.62. The van der Waals surface area contributed by atoms with Crippen LogP contribution in [0, 0.1) is 10.1 Å². The van der Waals surface area contributed by atoms with Gasteiger partial charge in [-0.3, -0.25) is 15.0 Å². The van der Waals surface area contributed by atoms with Crippen molar-refractivity contribution in [2.24, 2.45) is 0 Å². The molecule has 0 saturated heterocycles. The molecule has 0 atom stereocenters. The Morgan fingerprint density at radius 1 is 1.47 bits per heavy atom. The fourth-order valence-corrected chi connectivity index (χ4v) is 2.01. The Morgan fingerprint density at radius 3 is 2.68 bits per heavy atom. The van der Waals surface area contributed by atoms with Crippen molar-refractivity contribution in [1.29, 1.82) is 0 Å². The zero-order valence-electron chi connectivity index (χ0n) is 11.2. The van der Waals surface area contributed by atoms with Crippen molar-refractivity contribution in [1.82, 2.24) is 4.90 Å². The number of aliphatic hydroxyl groups is 1. The van der Waals surface area contributed by atoms with Crippen LogP contribution in [0.5, 0.6) is 0 Å². The lowest BCUT2D eigenvalue weighted by Crippen LogP contribution is -2.31. The zero-order chi connectivity index (χ0) is 14.4. The lowest BCUT2D eigenvalue weighted by atomic mass is 10.1. The summed E-state index contributed by atoms with van der Waals surface area (Å²) in [5.41, 5.74) is 0.785. The summed E-state index contributed by atoms with van der Waals surface area (Å²) in [4.78, 5) is 12.5. The molecule has 0 fully saturated rings. The molecule has 6 heteroatoms. The molecular weight excluding hydrogens is 268 g/mol. The Labute approximate surface area is 117 Å². The minimum absolute atomic E-state index is 0.0648. The molecule has 0 aliphatic heterocycles. The van der Waals surface area contributed by atoms with Crippen molar-refractivity contribution in [3.05, 3.63) is 38.9 Å². The molecule has 0 heterocycles. The largest absolute Gasteiger partial charge is 0.396 e. The number of aliphatic hydroxyl groups excluding tert-OH is 1. The molecule has 0 unspecified atom stereocenters. The molecule has 0 bridgehead atoms. The molecule has 0 aromatic heterocycles. The molecule has 1 N–H and O–H groups in total.